The molecule has 0 saturated carbocycles. The zero-order chi connectivity index (χ0) is 23.0. The van der Waals surface area contributed by atoms with Crippen molar-refractivity contribution >= 4 is 0 Å². The van der Waals surface area contributed by atoms with Crippen molar-refractivity contribution in [2.24, 2.45) is 0 Å². The number of alkyl halides is 4. The Hall–Kier alpha value is -3.06. The van der Waals surface area contributed by atoms with Crippen LogP contribution in [-0.2, 0) is 4.74 Å². The lowest BCUT2D eigenvalue weighted by Gasteiger charge is -2.25. The van der Waals surface area contributed by atoms with E-state index in [2.05, 4.69) is 6.58 Å². The highest BCUT2D eigenvalue weighted by Crippen LogP contribution is 2.36. The Labute approximate surface area is 184 Å². The molecule has 0 heterocycles. The van der Waals surface area contributed by atoms with Crippen LogP contribution in [0.2, 0.25) is 0 Å². The molecule has 0 radical (unpaired) electrons. The van der Waals surface area contributed by atoms with E-state index in [-0.39, 0.29) is 25.2 Å². The molecule has 0 fully saturated rings. The molecule has 0 aliphatic heterocycles. The van der Waals surface area contributed by atoms with Gasteiger partial charge < -0.3 is 14.2 Å². The van der Waals surface area contributed by atoms with Crippen LogP contribution in [-0.4, -0.2) is 31.9 Å². The van der Waals surface area contributed by atoms with Gasteiger partial charge in [-0.05, 0) is 41.5 Å². The lowest BCUT2D eigenvalue weighted by molar-refractivity contribution is -0.161. The number of hydrogen-bond acceptors (Lipinski definition) is 3. The van der Waals surface area contributed by atoms with Crippen LogP contribution in [0.4, 0.5) is 17.6 Å². The maximum Gasteiger partial charge on any atom is 0.397 e. The minimum atomic E-state index is -4.47. The molecule has 0 amide bonds. The average molecular weight is 448 g/mol. The maximum absolute atomic E-state index is 14.8. The third-order valence-electron chi connectivity index (χ3n) is 4.82. The van der Waals surface area contributed by atoms with E-state index >= 15 is 0 Å². The van der Waals surface area contributed by atoms with E-state index in [9.17, 15) is 17.6 Å². The second-order valence-corrected chi connectivity index (χ2v) is 7.30. The molecule has 170 valence electrons. The van der Waals surface area contributed by atoms with Gasteiger partial charge in [-0.15, -0.1) is 0 Å². The molecule has 1 aliphatic rings. The van der Waals surface area contributed by atoms with Gasteiger partial charge in [-0.25, -0.2) is 0 Å². The van der Waals surface area contributed by atoms with Gasteiger partial charge in [-0.1, -0.05) is 55.1 Å². The van der Waals surface area contributed by atoms with Gasteiger partial charge in [-0.2, -0.15) is 17.6 Å². The van der Waals surface area contributed by atoms with Crippen LogP contribution in [0.25, 0.3) is 0 Å². The van der Waals surface area contributed by atoms with Crippen LogP contribution < -0.4 is 9.47 Å². The van der Waals surface area contributed by atoms with Crippen molar-refractivity contribution in [1.82, 2.24) is 0 Å². The number of halogens is 4. The summed E-state index contributed by atoms with van der Waals surface area (Å²) in [5.41, 5.74) is 0.666. The van der Waals surface area contributed by atoms with Crippen molar-refractivity contribution in [2.45, 2.75) is 24.4 Å². The fourth-order valence-electron chi connectivity index (χ4n) is 3.13. The van der Waals surface area contributed by atoms with Crippen LogP contribution >= 0.6 is 0 Å². The Kier molecular flexibility index (Phi) is 7.75. The molecule has 2 atom stereocenters. The van der Waals surface area contributed by atoms with Crippen molar-refractivity contribution in [1.29, 1.82) is 0 Å². The Morgan fingerprint density at radius 2 is 1.75 bits per heavy atom. The third-order valence-corrected chi connectivity index (χ3v) is 4.82. The van der Waals surface area contributed by atoms with Gasteiger partial charge in [0.05, 0.1) is 13.2 Å². The molecule has 1 aliphatic carbocycles. The van der Waals surface area contributed by atoms with Gasteiger partial charge in [0.2, 0.25) is 0 Å². The molecule has 2 aromatic carbocycles. The normalized spacial score (nSPS) is 19.2. The van der Waals surface area contributed by atoms with Gasteiger partial charge in [0, 0.05) is 6.42 Å². The summed E-state index contributed by atoms with van der Waals surface area (Å²) in [6.45, 7) is 3.18. The van der Waals surface area contributed by atoms with Gasteiger partial charge >= 0.3 is 6.18 Å². The molecule has 0 saturated heterocycles. The SMILES string of the molecule is C=CCOc1ccc(C(COCC2=CCC(F)(Oc3ccccc3)C=C2)C(F)(F)F)cc1. The van der Waals surface area contributed by atoms with E-state index in [0.717, 1.165) is 0 Å². The lowest BCUT2D eigenvalue weighted by Crippen LogP contribution is -2.29. The van der Waals surface area contributed by atoms with E-state index in [1.807, 2.05) is 0 Å². The summed E-state index contributed by atoms with van der Waals surface area (Å²) >= 11 is 0. The highest BCUT2D eigenvalue weighted by molar-refractivity contribution is 5.31. The minimum absolute atomic E-state index is 0.0635. The Bertz CT molecular complexity index is 936. The number of benzene rings is 2. The van der Waals surface area contributed by atoms with Crippen LogP contribution in [0.1, 0.15) is 17.9 Å². The van der Waals surface area contributed by atoms with Crippen LogP contribution in [0, 0.1) is 0 Å². The molecule has 0 N–H and O–H groups in total. The minimum Gasteiger partial charge on any atom is -0.490 e. The van der Waals surface area contributed by atoms with Gasteiger partial charge in [-0.3, -0.25) is 0 Å². The number of rotatable bonds is 10. The second kappa shape index (κ2) is 10.5. The summed E-state index contributed by atoms with van der Waals surface area (Å²) in [6, 6.07) is 14.3. The number of ether oxygens (including phenoxy) is 3. The standard InChI is InChI=1S/C25H24F4O3/c1-2-16-31-21-10-8-20(9-11-21)23(25(27,28)29)18-30-17-19-12-14-24(26,15-13-19)32-22-6-4-3-5-7-22/h2-14,23H,1,15-18H2. The first-order valence-electron chi connectivity index (χ1n) is 10.1. The van der Waals surface area contributed by atoms with Gasteiger partial charge in [0.15, 0.2) is 0 Å². The van der Waals surface area contributed by atoms with E-state index < -0.39 is 24.6 Å². The van der Waals surface area contributed by atoms with Gasteiger partial charge in [0.1, 0.15) is 24.0 Å². The van der Waals surface area contributed by atoms with Crippen molar-refractivity contribution in [3.63, 3.8) is 0 Å². The highest BCUT2D eigenvalue weighted by Gasteiger charge is 2.41. The summed E-state index contributed by atoms with van der Waals surface area (Å²) in [5, 5.41) is 0. The summed E-state index contributed by atoms with van der Waals surface area (Å²) in [5.74, 6) is -2.94. The Balaban J connectivity index is 1.55. The van der Waals surface area contributed by atoms with Crippen LogP contribution in [0.3, 0.4) is 0 Å². The molecule has 32 heavy (non-hydrogen) atoms. The average Bonchev–Trinajstić information content (AvgIpc) is 2.77. The van der Waals surface area contributed by atoms with Crippen molar-refractivity contribution < 1.29 is 31.8 Å². The molecule has 3 nitrogen and oxygen atoms in total. The molecular formula is C25H24F4O3. The molecule has 7 heteroatoms. The lowest BCUT2D eigenvalue weighted by atomic mass is 9.99. The summed E-state index contributed by atoms with van der Waals surface area (Å²) in [7, 11) is 0. The maximum atomic E-state index is 14.8. The summed E-state index contributed by atoms with van der Waals surface area (Å²) < 4.78 is 71.5. The van der Waals surface area contributed by atoms with E-state index in [1.54, 1.807) is 42.5 Å². The first kappa shape index (κ1) is 23.6. The predicted molar refractivity (Wildman–Crippen MR) is 114 cm³/mol. The summed E-state index contributed by atoms with van der Waals surface area (Å²) in [4.78, 5) is 0. The van der Waals surface area contributed by atoms with E-state index in [0.29, 0.717) is 17.1 Å². The molecule has 2 aromatic rings. The zero-order valence-electron chi connectivity index (χ0n) is 17.4. The number of para-hydroxylation sites is 1. The van der Waals surface area contributed by atoms with E-state index in [1.165, 1.54) is 36.4 Å². The molecule has 0 aromatic heterocycles. The highest BCUT2D eigenvalue weighted by atomic mass is 19.4. The van der Waals surface area contributed by atoms with Crippen molar-refractivity contribution in [3.05, 3.63) is 96.6 Å². The first-order valence-corrected chi connectivity index (χ1v) is 10.1. The topological polar surface area (TPSA) is 27.7 Å². The van der Waals surface area contributed by atoms with Crippen LogP contribution in [0.15, 0.2) is 91.1 Å². The first-order chi connectivity index (χ1) is 15.3. The van der Waals surface area contributed by atoms with Crippen LogP contribution in [0.5, 0.6) is 11.5 Å². The second-order valence-electron chi connectivity index (χ2n) is 7.30. The molecule has 2 unspecified atom stereocenters. The Morgan fingerprint density at radius 1 is 1.03 bits per heavy atom. The summed E-state index contributed by atoms with van der Waals surface area (Å²) in [6.07, 6.45) is 1.30. The monoisotopic (exact) mass is 448 g/mol. The third kappa shape index (κ3) is 6.72. The number of hydrogen-bond donors (Lipinski definition) is 0. The quantitative estimate of drug-likeness (QED) is 0.305. The zero-order valence-corrected chi connectivity index (χ0v) is 17.4. The van der Waals surface area contributed by atoms with Gasteiger partial charge in [0.25, 0.3) is 5.85 Å². The fourth-order valence-corrected chi connectivity index (χ4v) is 3.13. The molecule has 0 spiro atoms. The largest absolute Gasteiger partial charge is 0.490 e. The molecule has 3 rings (SSSR count). The molecular weight excluding hydrogens is 424 g/mol. The van der Waals surface area contributed by atoms with Crippen molar-refractivity contribution in [2.75, 3.05) is 19.8 Å². The smallest absolute Gasteiger partial charge is 0.397 e. The molecule has 0 bridgehead atoms. The van der Waals surface area contributed by atoms with Crippen molar-refractivity contribution in [3.8, 4) is 11.5 Å². The van der Waals surface area contributed by atoms with E-state index in [4.69, 9.17) is 14.2 Å². The fraction of sp³-hybridized carbons (Fsp3) is 0.280. The Morgan fingerprint density at radius 3 is 2.34 bits per heavy atom. The predicted octanol–water partition coefficient (Wildman–Crippen LogP) is 6.55.